The first-order chi connectivity index (χ1) is 17.0. The zero-order chi connectivity index (χ0) is 24.6. The quantitative estimate of drug-likeness (QED) is 0.599. The van der Waals surface area contributed by atoms with Gasteiger partial charge in [0, 0.05) is 38.4 Å². The Kier molecular flexibility index (Phi) is 8.58. The van der Waals surface area contributed by atoms with Crippen LogP contribution in [0.3, 0.4) is 0 Å². The fourth-order valence-corrected chi connectivity index (χ4v) is 5.26. The van der Waals surface area contributed by atoms with Crippen molar-refractivity contribution in [2.24, 2.45) is 5.92 Å². The molecule has 4 rings (SSSR count). The number of ether oxygens (including phenoxy) is 1. The van der Waals surface area contributed by atoms with Gasteiger partial charge in [-0.3, -0.25) is 9.69 Å². The summed E-state index contributed by atoms with van der Waals surface area (Å²) in [5.41, 5.74) is 1.52. The van der Waals surface area contributed by atoms with Crippen molar-refractivity contribution in [1.82, 2.24) is 15.1 Å². The molecule has 1 saturated heterocycles. The zero-order valence-electron chi connectivity index (χ0n) is 20.3. The second kappa shape index (κ2) is 12.0. The van der Waals surface area contributed by atoms with Crippen molar-refractivity contribution in [1.29, 1.82) is 0 Å². The normalized spacial score (nSPS) is 17.7. The maximum Gasteiger partial charge on any atom is 0.321 e. The maximum absolute atomic E-state index is 13.4. The first-order valence-corrected chi connectivity index (χ1v) is 12.5. The number of nitrogens with zero attached hydrogens (tertiary/aromatic N) is 2. The SMILES string of the molecule is COc1ccccc1CCNC(=O)[C@@H](C1CCCC1)N1CCN(C(=O)Nc2cccc(F)c2)CC1. The second-order valence-electron chi connectivity index (χ2n) is 9.31. The number of halogens is 1. The van der Waals surface area contributed by atoms with Crippen molar-refractivity contribution in [3.8, 4) is 5.75 Å². The van der Waals surface area contributed by atoms with E-state index in [-0.39, 0.29) is 23.8 Å². The van der Waals surface area contributed by atoms with Crippen LogP contribution < -0.4 is 15.4 Å². The van der Waals surface area contributed by atoms with Gasteiger partial charge in [0.2, 0.25) is 5.91 Å². The Bertz CT molecular complexity index is 1000. The van der Waals surface area contributed by atoms with Gasteiger partial charge in [-0.1, -0.05) is 37.1 Å². The molecule has 0 aromatic heterocycles. The van der Waals surface area contributed by atoms with Gasteiger partial charge in [0.15, 0.2) is 0 Å². The number of nitrogens with one attached hydrogen (secondary N) is 2. The number of amides is 3. The fraction of sp³-hybridized carbons (Fsp3) is 0.481. The van der Waals surface area contributed by atoms with E-state index >= 15 is 0 Å². The Morgan fingerprint density at radius 1 is 1.06 bits per heavy atom. The van der Waals surface area contributed by atoms with Crippen molar-refractivity contribution < 1.29 is 18.7 Å². The second-order valence-corrected chi connectivity index (χ2v) is 9.31. The van der Waals surface area contributed by atoms with E-state index in [9.17, 15) is 14.0 Å². The summed E-state index contributed by atoms with van der Waals surface area (Å²) in [6, 6.07) is 13.3. The van der Waals surface area contributed by atoms with Gasteiger partial charge in [-0.25, -0.2) is 9.18 Å². The Morgan fingerprint density at radius 2 is 1.80 bits per heavy atom. The minimum Gasteiger partial charge on any atom is -0.496 e. The third-order valence-corrected chi connectivity index (χ3v) is 7.07. The lowest BCUT2D eigenvalue weighted by Crippen LogP contribution is -2.58. The predicted molar refractivity (Wildman–Crippen MR) is 134 cm³/mol. The van der Waals surface area contributed by atoms with Gasteiger partial charge in [-0.2, -0.15) is 0 Å². The molecule has 8 heteroatoms. The van der Waals surface area contributed by atoms with Gasteiger partial charge in [0.1, 0.15) is 11.6 Å². The number of carbonyl (C=O) groups excluding carboxylic acids is 2. The van der Waals surface area contributed by atoms with Gasteiger partial charge in [-0.05, 0) is 55.0 Å². The smallest absolute Gasteiger partial charge is 0.321 e. The number of benzene rings is 2. The van der Waals surface area contributed by atoms with E-state index in [4.69, 9.17) is 4.74 Å². The van der Waals surface area contributed by atoms with Crippen molar-refractivity contribution in [3.05, 3.63) is 59.9 Å². The molecule has 2 aromatic carbocycles. The molecule has 3 amide bonds. The van der Waals surface area contributed by atoms with Crippen LogP contribution in [0.1, 0.15) is 31.2 Å². The number of para-hydroxylation sites is 1. The van der Waals surface area contributed by atoms with Crippen molar-refractivity contribution in [2.75, 3.05) is 45.2 Å². The van der Waals surface area contributed by atoms with Crippen LogP contribution in [0.4, 0.5) is 14.9 Å². The Hall–Kier alpha value is -3.13. The van der Waals surface area contributed by atoms with Crippen LogP contribution in [0.25, 0.3) is 0 Å². The van der Waals surface area contributed by atoms with Crippen LogP contribution in [-0.4, -0.2) is 67.6 Å². The number of carbonyl (C=O) groups is 2. The molecule has 7 nitrogen and oxygen atoms in total. The third kappa shape index (κ3) is 6.51. The molecule has 1 heterocycles. The van der Waals surface area contributed by atoms with E-state index in [1.54, 1.807) is 24.1 Å². The van der Waals surface area contributed by atoms with Crippen LogP contribution in [0.2, 0.25) is 0 Å². The molecule has 0 spiro atoms. The fourth-order valence-electron chi connectivity index (χ4n) is 5.26. The predicted octanol–water partition coefficient (Wildman–Crippen LogP) is 3.90. The van der Waals surface area contributed by atoms with Crippen molar-refractivity contribution >= 4 is 17.6 Å². The summed E-state index contributed by atoms with van der Waals surface area (Å²) >= 11 is 0. The van der Waals surface area contributed by atoms with Crippen LogP contribution in [0.5, 0.6) is 5.75 Å². The molecule has 2 fully saturated rings. The average molecular weight is 483 g/mol. The van der Waals surface area contributed by atoms with Gasteiger partial charge in [-0.15, -0.1) is 0 Å². The average Bonchev–Trinajstić information content (AvgIpc) is 3.39. The number of anilines is 1. The summed E-state index contributed by atoms with van der Waals surface area (Å²) in [5.74, 6) is 0.865. The molecule has 0 bridgehead atoms. The number of methoxy groups -OCH3 is 1. The van der Waals surface area contributed by atoms with Gasteiger partial charge in [0.05, 0.1) is 13.2 Å². The highest BCUT2D eigenvalue weighted by Gasteiger charge is 2.37. The molecule has 1 aliphatic heterocycles. The van der Waals surface area contributed by atoms with Crippen molar-refractivity contribution in [3.63, 3.8) is 0 Å². The highest BCUT2D eigenvalue weighted by Crippen LogP contribution is 2.31. The van der Waals surface area contributed by atoms with E-state index in [0.717, 1.165) is 37.0 Å². The van der Waals surface area contributed by atoms with Crippen LogP contribution in [0.15, 0.2) is 48.5 Å². The molecule has 1 aliphatic carbocycles. The van der Waals surface area contributed by atoms with Gasteiger partial charge < -0.3 is 20.3 Å². The molecule has 1 saturated carbocycles. The lowest BCUT2D eigenvalue weighted by atomic mass is 9.95. The first kappa shape index (κ1) is 25.0. The highest BCUT2D eigenvalue weighted by atomic mass is 19.1. The lowest BCUT2D eigenvalue weighted by molar-refractivity contribution is -0.129. The Balaban J connectivity index is 1.32. The van der Waals surface area contributed by atoms with Crippen LogP contribution in [-0.2, 0) is 11.2 Å². The molecule has 188 valence electrons. The number of rotatable bonds is 8. The summed E-state index contributed by atoms with van der Waals surface area (Å²) in [7, 11) is 1.66. The molecular formula is C27H35FN4O3. The molecule has 2 aliphatic rings. The van der Waals surface area contributed by atoms with E-state index in [0.29, 0.717) is 50.7 Å². The lowest BCUT2D eigenvalue weighted by Gasteiger charge is -2.40. The molecule has 2 N–H and O–H groups in total. The minimum atomic E-state index is -0.385. The minimum absolute atomic E-state index is 0.0736. The van der Waals surface area contributed by atoms with Gasteiger partial charge >= 0.3 is 6.03 Å². The van der Waals surface area contributed by atoms with E-state index in [2.05, 4.69) is 15.5 Å². The standard InChI is InChI=1S/C27H35FN4O3/c1-35-24-12-5-4-7-20(24)13-14-29-26(33)25(21-8-2-3-9-21)31-15-17-32(18-16-31)27(34)30-23-11-6-10-22(28)19-23/h4-7,10-12,19,21,25H,2-3,8-9,13-18H2,1H3,(H,29,33)(H,30,34)/t25-/m1/s1. The van der Waals surface area contributed by atoms with E-state index in [1.165, 1.54) is 12.1 Å². The van der Waals surface area contributed by atoms with Gasteiger partial charge in [0.25, 0.3) is 0 Å². The molecule has 1 atom stereocenters. The molecule has 35 heavy (non-hydrogen) atoms. The largest absolute Gasteiger partial charge is 0.496 e. The number of urea groups is 1. The topological polar surface area (TPSA) is 73.9 Å². The summed E-state index contributed by atoms with van der Waals surface area (Å²) in [4.78, 5) is 30.0. The highest BCUT2D eigenvalue weighted by molar-refractivity contribution is 5.89. The van der Waals surface area contributed by atoms with E-state index in [1.807, 2.05) is 24.3 Å². The summed E-state index contributed by atoms with van der Waals surface area (Å²) in [6.45, 7) is 2.88. The monoisotopic (exact) mass is 482 g/mol. The molecule has 0 radical (unpaired) electrons. The number of piperazine rings is 1. The summed E-state index contributed by atoms with van der Waals surface area (Å²) in [5, 5.41) is 5.93. The number of hydrogen-bond acceptors (Lipinski definition) is 4. The zero-order valence-corrected chi connectivity index (χ0v) is 20.3. The summed E-state index contributed by atoms with van der Waals surface area (Å²) < 4.78 is 18.9. The molecule has 2 aromatic rings. The third-order valence-electron chi connectivity index (χ3n) is 7.07. The number of hydrogen-bond donors (Lipinski definition) is 2. The summed E-state index contributed by atoms with van der Waals surface area (Å²) in [6.07, 6.45) is 5.15. The molecular weight excluding hydrogens is 447 g/mol. The Morgan fingerprint density at radius 3 is 2.51 bits per heavy atom. The maximum atomic E-state index is 13.4. The van der Waals surface area contributed by atoms with E-state index < -0.39 is 0 Å². The van der Waals surface area contributed by atoms with Crippen LogP contribution >= 0.6 is 0 Å². The van der Waals surface area contributed by atoms with Crippen LogP contribution in [0, 0.1) is 11.7 Å². The Labute approximate surface area is 206 Å². The molecule has 0 unspecified atom stereocenters. The first-order valence-electron chi connectivity index (χ1n) is 12.5. The van der Waals surface area contributed by atoms with Crippen molar-refractivity contribution in [2.45, 2.75) is 38.1 Å².